The van der Waals surface area contributed by atoms with E-state index in [0.717, 1.165) is 16.3 Å². The molecule has 0 bridgehead atoms. The van der Waals surface area contributed by atoms with Gasteiger partial charge in [-0.15, -0.1) is 11.3 Å². The molecule has 0 saturated heterocycles. The van der Waals surface area contributed by atoms with E-state index < -0.39 is 0 Å². The number of nitrogens with zero attached hydrogens (tertiary/aromatic N) is 3. The molecule has 0 fully saturated rings. The average molecular weight is 311 g/mol. The fraction of sp³-hybridized carbons (Fsp3) is 0.0667. The summed E-state index contributed by atoms with van der Waals surface area (Å²) in [6.45, 7) is 0.326. The molecule has 0 aliphatic heterocycles. The number of rotatable bonds is 4. The first kappa shape index (κ1) is 14.2. The summed E-state index contributed by atoms with van der Waals surface area (Å²) in [5, 5.41) is 5.53. The van der Waals surface area contributed by atoms with E-state index in [9.17, 15) is 4.79 Å². The highest BCUT2D eigenvalue weighted by Gasteiger charge is 2.12. The summed E-state index contributed by atoms with van der Waals surface area (Å²) in [7, 11) is 0. The summed E-state index contributed by atoms with van der Waals surface area (Å²) in [5.74, 6) is -0.244. The molecule has 1 amide bonds. The quantitative estimate of drug-likeness (QED) is 0.769. The molecule has 2 heterocycles. The van der Waals surface area contributed by atoms with Gasteiger partial charge in [0.05, 0.1) is 12.2 Å². The van der Waals surface area contributed by atoms with E-state index in [1.54, 1.807) is 0 Å². The summed E-state index contributed by atoms with van der Waals surface area (Å²) in [6.07, 6.45) is 2.88. The van der Waals surface area contributed by atoms with Crippen LogP contribution in [-0.2, 0) is 6.54 Å². The van der Waals surface area contributed by atoms with Crippen molar-refractivity contribution in [1.29, 1.82) is 0 Å². The lowest BCUT2D eigenvalue weighted by molar-refractivity contribution is 0.0946. The van der Waals surface area contributed by atoms with Crippen molar-refractivity contribution < 1.29 is 4.79 Å². The summed E-state index contributed by atoms with van der Waals surface area (Å²) in [5.41, 5.74) is 7.70. The number of benzene rings is 1. The van der Waals surface area contributed by atoms with E-state index >= 15 is 0 Å². The molecule has 0 aliphatic rings. The third-order valence-electron chi connectivity index (χ3n) is 2.96. The van der Waals surface area contributed by atoms with E-state index in [2.05, 4.69) is 20.3 Å². The van der Waals surface area contributed by atoms with Crippen LogP contribution in [0.25, 0.3) is 11.3 Å². The Hall–Kier alpha value is -2.80. The second kappa shape index (κ2) is 6.31. The van der Waals surface area contributed by atoms with Gasteiger partial charge < -0.3 is 11.1 Å². The number of amides is 1. The molecule has 1 aromatic carbocycles. The van der Waals surface area contributed by atoms with Gasteiger partial charge in [0.15, 0.2) is 11.5 Å². The fourth-order valence-corrected chi connectivity index (χ4v) is 2.64. The van der Waals surface area contributed by atoms with Crippen molar-refractivity contribution in [2.75, 3.05) is 5.73 Å². The van der Waals surface area contributed by atoms with Gasteiger partial charge in [0.1, 0.15) is 5.01 Å². The Bertz CT molecular complexity index is 787. The highest BCUT2D eigenvalue weighted by atomic mass is 32.1. The van der Waals surface area contributed by atoms with Crippen LogP contribution in [-0.4, -0.2) is 20.9 Å². The molecule has 0 atom stereocenters. The van der Waals surface area contributed by atoms with E-state index in [1.807, 2.05) is 35.7 Å². The number of nitrogens with two attached hydrogens (primary N) is 1. The van der Waals surface area contributed by atoms with E-state index in [0.29, 0.717) is 6.54 Å². The lowest BCUT2D eigenvalue weighted by Crippen LogP contribution is -2.25. The van der Waals surface area contributed by atoms with Crippen LogP contribution in [0.1, 0.15) is 15.5 Å². The molecular formula is C15H13N5OS. The van der Waals surface area contributed by atoms with Crippen molar-refractivity contribution in [2.45, 2.75) is 6.54 Å². The average Bonchev–Trinajstić information content (AvgIpc) is 3.03. The van der Waals surface area contributed by atoms with Gasteiger partial charge >= 0.3 is 0 Å². The summed E-state index contributed by atoms with van der Waals surface area (Å²) in [4.78, 5) is 24.3. The van der Waals surface area contributed by atoms with E-state index in [1.165, 1.54) is 23.7 Å². The van der Waals surface area contributed by atoms with E-state index in [4.69, 9.17) is 5.73 Å². The Morgan fingerprint density at radius 2 is 1.95 bits per heavy atom. The molecule has 0 radical (unpaired) electrons. The number of nitrogens with one attached hydrogen (secondary N) is 1. The fourth-order valence-electron chi connectivity index (χ4n) is 1.90. The first-order valence-corrected chi connectivity index (χ1v) is 7.46. The zero-order valence-electron chi connectivity index (χ0n) is 11.6. The molecule has 7 heteroatoms. The van der Waals surface area contributed by atoms with Crippen LogP contribution in [0.4, 0.5) is 5.82 Å². The van der Waals surface area contributed by atoms with Crippen molar-refractivity contribution in [3.8, 4) is 11.3 Å². The third kappa shape index (κ3) is 3.09. The highest BCUT2D eigenvalue weighted by Crippen LogP contribution is 2.21. The molecule has 3 aromatic rings. The molecule has 2 aromatic heterocycles. The van der Waals surface area contributed by atoms with Crippen LogP contribution in [0.2, 0.25) is 0 Å². The third-order valence-corrected chi connectivity index (χ3v) is 3.81. The first-order chi connectivity index (χ1) is 10.7. The van der Waals surface area contributed by atoms with Crippen molar-refractivity contribution in [3.63, 3.8) is 0 Å². The van der Waals surface area contributed by atoms with Crippen LogP contribution in [0.5, 0.6) is 0 Å². The number of anilines is 1. The van der Waals surface area contributed by atoms with E-state index in [-0.39, 0.29) is 17.4 Å². The second-order valence-corrected chi connectivity index (χ2v) is 5.41. The highest BCUT2D eigenvalue weighted by molar-refractivity contribution is 7.09. The van der Waals surface area contributed by atoms with Crippen molar-refractivity contribution in [2.24, 2.45) is 0 Å². The molecule has 6 nitrogen and oxygen atoms in total. The maximum atomic E-state index is 12.0. The van der Waals surface area contributed by atoms with Crippen molar-refractivity contribution in [1.82, 2.24) is 20.3 Å². The molecular weight excluding hydrogens is 298 g/mol. The number of nitrogen functional groups attached to an aromatic ring is 1. The smallest absolute Gasteiger partial charge is 0.274 e. The molecule has 3 N–H and O–H groups in total. The Labute approximate surface area is 131 Å². The Kier molecular flexibility index (Phi) is 4.06. The molecule has 110 valence electrons. The minimum Gasteiger partial charge on any atom is -0.382 e. The SMILES string of the molecule is Nc1nccnc1C(=O)NCc1nc(-c2ccccc2)cs1. The van der Waals surface area contributed by atoms with Crippen LogP contribution in [0.15, 0.2) is 48.1 Å². The zero-order valence-corrected chi connectivity index (χ0v) is 12.4. The number of carbonyl (C=O) groups excluding carboxylic acids is 1. The second-order valence-electron chi connectivity index (χ2n) is 4.47. The largest absolute Gasteiger partial charge is 0.382 e. The van der Waals surface area contributed by atoms with Gasteiger partial charge in [-0.05, 0) is 0 Å². The van der Waals surface area contributed by atoms with Crippen LogP contribution < -0.4 is 11.1 Å². The number of aromatic nitrogens is 3. The monoisotopic (exact) mass is 311 g/mol. The van der Waals surface area contributed by atoms with Crippen LogP contribution in [0, 0.1) is 0 Å². The zero-order chi connectivity index (χ0) is 15.4. The molecule has 22 heavy (non-hydrogen) atoms. The predicted octanol–water partition coefficient (Wildman–Crippen LogP) is 2.11. The van der Waals surface area contributed by atoms with Gasteiger partial charge in [0.25, 0.3) is 5.91 Å². The first-order valence-electron chi connectivity index (χ1n) is 6.58. The number of hydrogen-bond donors (Lipinski definition) is 2. The number of hydrogen-bond acceptors (Lipinski definition) is 6. The number of carbonyl (C=O) groups is 1. The van der Waals surface area contributed by atoms with Crippen molar-refractivity contribution >= 4 is 23.1 Å². The molecule has 0 spiro atoms. The lowest BCUT2D eigenvalue weighted by atomic mass is 10.2. The molecule has 3 rings (SSSR count). The van der Waals surface area contributed by atoms with Crippen LogP contribution in [0.3, 0.4) is 0 Å². The molecule has 0 unspecified atom stereocenters. The Morgan fingerprint density at radius 3 is 2.73 bits per heavy atom. The van der Waals surface area contributed by atoms with Gasteiger partial charge in [-0.1, -0.05) is 30.3 Å². The van der Waals surface area contributed by atoms with Gasteiger partial charge in [-0.2, -0.15) is 0 Å². The molecule has 0 saturated carbocycles. The minimum absolute atomic E-state index is 0.115. The summed E-state index contributed by atoms with van der Waals surface area (Å²) < 4.78 is 0. The predicted molar refractivity (Wildman–Crippen MR) is 85.2 cm³/mol. The molecule has 0 aliphatic carbocycles. The van der Waals surface area contributed by atoms with Crippen molar-refractivity contribution in [3.05, 3.63) is 58.8 Å². The standard InChI is InChI=1S/C15H13N5OS/c16-14-13(17-6-7-18-14)15(21)19-8-12-20-11(9-22-12)10-4-2-1-3-5-10/h1-7,9H,8H2,(H2,16,18)(H,19,21). The Balaban J connectivity index is 1.67. The minimum atomic E-state index is -0.359. The van der Waals surface area contributed by atoms with Crippen LogP contribution >= 0.6 is 11.3 Å². The van der Waals surface area contributed by atoms with Gasteiger partial charge in [0.2, 0.25) is 0 Å². The van der Waals surface area contributed by atoms with Gasteiger partial charge in [-0.25, -0.2) is 15.0 Å². The van der Waals surface area contributed by atoms with Gasteiger partial charge in [0, 0.05) is 23.3 Å². The lowest BCUT2D eigenvalue weighted by Gasteiger charge is -2.03. The Morgan fingerprint density at radius 1 is 1.18 bits per heavy atom. The normalized spacial score (nSPS) is 10.4. The summed E-state index contributed by atoms with van der Waals surface area (Å²) in [6, 6.07) is 9.89. The topological polar surface area (TPSA) is 93.8 Å². The maximum Gasteiger partial charge on any atom is 0.274 e. The maximum absolute atomic E-state index is 12.0. The summed E-state index contributed by atoms with van der Waals surface area (Å²) >= 11 is 1.49. The number of thiazole rings is 1. The van der Waals surface area contributed by atoms with Gasteiger partial charge in [-0.3, -0.25) is 4.79 Å².